The summed E-state index contributed by atoms with van der Waals surface area (Å²) in [6, 6.07) is 11.7. The minimum atomic E-state index is -0.115. The highest BCUT2D eigenvalue weighted by atomic mass is 14.9. The van der Waals surface area contributed by atoms with Gasteiger partial charge in [0.15, 0.2) is 0 Å². The average molecular weight is 530 g/mol. The fourth-order valence-electron chi connectivity index (χ4n) is 6.29. The molecule has 1 heterocycles. The molecule has 0 N–H and O–H groups in total. The van der Waals surface area contributed by atoms with Crippen LogP contribution in [0.3, 0.4) is 0 Å². The van der Waals surface area contributed by atoms with Crippen LogP contribution < -0.4 is 0 Å². The molecule has 0 unspecified atom stereocenters. The molecule has 1 aromatic heterocycles. The normalized spacial score (nSPS) is 19.2. The van der Waals surface area contributed by atoms with Crippen molar-refractivity contribution in [1.82, 2.24) is 9.97 Å². The molecule has 3 rings (SSSR count). The molecule has 39 heavy (non-hydrogen) atoms. The molecule has 1 aliphatic rings. The highest BCUT2D eigenvalue weighted by Gasteiger charge is 2.36. The Morgan fingerprint density at radius 2 is 1.21 bits per heavy atom. The summed E-state index contributed by atoms with van der Waals surface area (Å²) in [5, 5.41) is 9.98. The lowest BCUT2D eigenvalue weighted by atomic mass is 9.68. The molecule has 0 amide bonds. The zero-order chi connectivity index (χ0) is 27.6. The maximum absolute atomic E-state index is 9.98. The van der Waals surface area contributed by atoms with Crippen LogP contribution in [0.15, 0.2) is 36.7 Å². The number of unbranched alkanes of at least 4 members (excludes halogenated alkanes) is 13. The number of aryl methyl sites for hydroxylation is 1. The zero-order valence-corrected chi connectivity index (χ0v) is 25.2. The fraction of sp³-hybridized carbons (Fsp3) is 0.694. The largest absolute Gasteiger partial charge is 0.240 e. The van der Waals surface area contributed by atoms with Crippen LogP contribution in [-0.4, -0.2) is 9.97 Å². The Kier molecular flexibility index (Phi) is 14.6. The van der Waals surface area contributed by atoms with E-state index in [4.69, 9.17) is 9.97 Å². The van der Waals surface area contributed by atoms with Gasteiger partial charge in [0, 0.05) is 23.9 Å². The van der Waals surface area contributed by atoms with Gasteiger partial charge >= 0.3 is 0 Å². The molecule has 3 nitrogen and oxygen atoms in total. The first-order chi connectivity index (χ1) is 19.2. The van der Waals surface area contributed by atoms with Gasteiger partial charge in [0.05, 0.1) is 11.5 Å². The first kappa shape index (κ1) is 31.3. The number of rotatable bonds is 19. The molecule has 1 aromatic carbocycles. The van der Waals surface area contributed by atoms with Crippen molar-refractivity contribution < 1.29 is 0 Å². The molecule has 1 saturated carbocycles. The van der Waals surface area contributed by atoms with Crippen LogP contribution in [0.2, 0.25) is 0 Å². The summed E-state index contributed by atoms with van der Waals surface area (Å²) in [6.07, 6.45) is 30.4. The summed E-state index contributed by atoms with van der Waals surface area (Å²) in [5.74, 6) is 1.36. The number of aromatic nitrogens is 2. The van der Waals surface area contributed by atoms with Crippen molar-refractivity contribution >= 4 is 0 Å². The first-order valence-corrected chi connectivity index (χ1v) is 16.5. The third kappa shape index (κ3) is 11.1. The molecular weight excluding hydrogens is 474 g/mol. The van der Waals surface area contributed by atoms with Crippen LogP contribution in [0.25, 0.3) is 11.1 Å². The number of hydrogen-bond donors (Lipinski definition) is 0. The SMILES string of the molecule is CCCCCCCCCCc1ccc(-c2cnc(C3CCC(C#N)(CCCCCCCCC)CC3)nc2)cc1. The van der Waals surface area contributed by atoms with Crippen molar-refractivity contribution in [3.8, 4) is 17.2 Å². The molecule has 0 atom stereocenters. The van der Waals surface area contributed by atoms with E-state index in [2.05, 4.69) is 44.2 Å². The number of hydrogen-bond acceptors (Lipinski definition) is 3. The van der Waals surface area contributed by atoms with Crippen LogP contribution in [0, 0.1) is 16.7 Å². The van der Waals surface area contributed by atoms with Crippen LogP contribution >= 0.6 is 0 Å². The van der Waals surface area contributed by atoms with Crippen molar-refractivity contribution in [3.05, 3.63) is 48.0 Å². The summed E-state index contributed by atoms with van der Waals surface area (Å²) in [7, 11) is 0. The first-order valence-electron chi connectivity index (χ1n) is 16.5. The van der Waals surface area contributed by atoms with E-state index in [-0.39, 0.29) is 5.41 Å². The minimum Gasteiger partial charge on any atom is -0.240 e. The molecule has 1 fully saturated rings. The predicted octanol–water partition coefficient (Wildman–Crippen LogP) is 11.1. The second-order valence-corrected chi connectivity index (χ2v) is 12.3. The number of nitriles is 1. The molecule has 0 aliphatic heterocycles. The zero-order valence-electron chi connectivity index (χ0n) is 25.2. The smallest absolute Gasteiger partial charge is 0.131 e. The molecule has 0 bridgehead atoms. The summed E-state index contributed by atoms with van der Waals surface area (Å²) in [5.41, 5.74) is 3.61. The Bertz CT molecular complexity index is 933. The van der Waals surface area contributed by atoms with E-state index in [1.165, 1.54) is 114 Å². The van der Waals surface area contributed by atoms with Gasteiger partial charge in [0.2, 0.25) is 0 Å². The Hall–Kier alpha value is -2.21. The van der Waals surface area contributed by atoms with Gasteiger partial charge < -0.3 is 0 Å². The maximum Gasteiger partial charge on any atom is 0.131 e. The summed E-state index contributed by atoms with van der Waals surface area (Å²) < 4.78 is 0. The standard InChI is InChI=1S/C36H55N3/c1-3-5-7-9-11-12-14-16-18-31-19-21-32(22-20-31)34-28-38-35(39-29-34)33-23-26-36(30-37,27-24-33)25-17-15-13-10-8-6-4-2/h19-22,28-29,33H,3-18,23-27H2,1-2H3. The van der Waals surface area contributed by atoms with E-state index in [9.17, 15) is 5.26 Å². The Morgan fingerprint density at radius 3 is 1.74 bits per heavy atom. The van der Waals surface area contributed by atoms with Crippen LogP contribution in [0.5, 0.6) is 0 Å². The van der Waals surface area contributed by atoms with Gasteiger partial charge in [0.25, 0.3) is 0 Å². The fourth-order valence-corrected chi connectivity index (χ4v) is 6.29. The van der Waals surface area contributed by atoms with E-state index in [0.29, 0.717) is 5.92 Å². The monoisotopic (exact) mass is 529 g/mol. The molecule has 0 radical (unpaired) electrons. The number of nitrogens with zero attached hydrogens (tertiary/aromatic N) is 3. The lowest BCUT2D eigenvalue weighted by molar-refractivity contribution is 0.219. The van der Waals surface area contributed by atoms with E-state index in [1.54, 1.807) is 0 Å². The van der Waals surface area contributed by atoms with Crippen LogP contribution in [0.4, 0.5) is 0 Å². The molecule has 3 heteroatoms. The topological polar surface area (TPSA) is 49.6 Å². The third-order valence-electron chi connectivity index (χ3n) is 9.08. The molecule has 0 spiro atoms. The lowest BCUT2D eigenvalue weighted by Gasteiger charge is -2.34. The summed E-state index contributed by atoms with van der Waals surface area (Å²) >= 11 is 0. The van der Waals surface area contributed by atoms with E-state index < -0.39 is 0 Å². The maximum atomic E-state index is 9.98. The average Bonchev–Trinajstić information content (AvgIpc) is 2.99. The van der Waals surface area contributed by atoms with Crippen molar-refractivity contribution in [1.29, 1.82) is 5.26 Å². The van der Waals surface area contributed by atoms with E-state index >= 15 is 0 Å². The molecule has 1 aliphatic carbocycles. The second kappa shape index (κ2) is 18.2. The highest BCUT2D eigenvalue weighted by molar-refractivity contribution is 5.61. The summed E-state index contributed by atoms with van der Waals surface area (Å²) in [6.45, 7) is 4.55. The van der Waals surface area contributed by atoms with Gasteiger partial charge in [-0.1, -0.05) is 128 Å². The van der Waals surface area contributed by atoms with Gasteiger partial charge in [-0.3, -0.25) is 0 Å². The Balaban J connectivity index is 1.38. The Labute approximate surface area is 240 Å². The van der Waals surface area contributed by atoms with Crippen molar-refractivity contribution in [2.45, 2.75) is 155 Å². The molecule has 2 aromatic rings. The summed E-state index contributed by atoms with van der Waals surface area (Å²) in [4.78, 5) is 9.58. The van der Waals surface area contributed by atoms with E-state index in [0.717, 1.165) is 43.5 Å². The molecule has 0 saturated heterocycles. The number of benzene rings is 1. The predicted molar refractivity (Wildman–Crippen MR) is 166 cm³/mol. The molecular formula is C36H55N3. The third-order valence-corrected chi connectivity index (χ3v) is 9.08. The van der Waals surface area contributed by atoms with Crippen LogP contribution in [0.1, 0.15) is 160 Å². The van der Waals surface area contributed by atoms with Gasteiger partial charge in [-0.05, 0) is 56.1 Å². The van der Waals surface area contributed by atoms with Gasteiger partial charge in [-0.2, -0.15) is 5.26 Å². The Morgan fingerprint density at radius 1 is 0.692 bits per heavy atom. The quantitative estimate of drug-likeness (QED) is 0.170. The highest BCUT2D eigenvalue weighted by Crippen LogP contribution is 2.45. The lowest BCUT2D eigenvalue weighted by Crippen LogP contribution is -2.26. The van der Waals surface area contributed by atoms with Crippen molar-refractivity contribution in [2.75, 3.05) is 0 Å². The van der Waals surface area contributed by atoms with Gasteiger partial charge in [-0.25, -0.2) is 9.97 Å². The van der Waals surface area contributed by atoms with E-state index in [1.807, 2.05) is 12.4 Å². The van der Waals surface area contributed by atoms with Gasteiger partial charge in [-0.15, -0.1) is 0 Å². The molecule has 214 valence electrons. The van der Waals surface area contributed by atoms with Crippen molar-refractivity contribution in [3.63, 3.8) is 0 Å². The minimum absolute atomic E-state index is 0.115. The van der Waals surface area contributed by atoms with Crippen molar-refractivity contribution in [2.24, 2.45) is 5.41 Å². The second-order valence-electron chi connectivity index (χ2n) is 12.3. The van der Waals surface area contributed by atoms with Crippen LogP contribution in [-0.2, 0) is 6.42 Å². The van der Waals surface area contributed by atoms with Gasteiger partial charge in [0.1, 0.15) is 5.82 Å².